The van der Waals surface area contributed by atoms with Crippen molar-refractivity contribution in [2.24, 2.45) is 0 Å². The second kappa shape index (κ2) is 7.70. The van der Waals surface area contributed by atoms with Crippen LogP contribution in [-0.2, 0) is 0 Å². The fourth-order valence-corrected chi connectivity index (χ4v) is 3.32. The van der Waals surface area contributed by atoms with Crippen molar-refractivity contribution in [1.29, 1.82) is 0 Å². The van der Waals surface area contributed by atoms with Gasteiger partial charge < -0.3 is 15.3 Å². The number of amides is 2. The van der Waals surface area contributed by atoms with Crippen molar-refractivity contribution in [3.63, 3.8) is 0 Å². The van der Waals surface area contributed by atoms with E-state index in [2.05, 4.69) is 20.6 Å². The number of halogens is 1. The molecule has 1 aliphatic rings. The topological polar surface area (TPSA) is 107 Å². The molecular formula is C20H18FN5O3. The molecule has 3 N–H and O–H groups in total. The minimum absolute atomic E-state index is 0.00444. The van der Waals surface area contributed by atoms with Crippen LogP contribution in [0.3, 0.4) is 0 Å². The van der Waals surface area contributed by atoms with Gasteiger partial charge in [-0.15, -0.1) is 0 Å². The Balaban J connectivity index is 1.39. The summed E-state index contributed by atoms with van der Waals surface area (Å²) in [5.41, 5.74) is 1.54. The number of aromatic nitrogens is 2. The quantitative estimate of drug-likeness (QED) is 0.626. The number of fused-ring (bicyclic) bond motifs is 1. The summed E-state index contributed by atoms with van der Waals surface area (Å²) in [5, 5.41) is 14.8. The third kappa shape index (κ3) is 4.23. The first-order valence-electron chi connectivity index (χ1n) is 9.06. The maximum atomic E-state index is 13.3. The maximum absolute atomic E-state index is 13.3. The predicted octanol–water partition coefficient (Wildman–Crippen LogP) is 3.19. The van der Waals surface area contributed by atoms with Gasteiger partial charge in [-0.05, 0) is 48.9 Å². The van der Waals surface area contributed by atoms with Gasteiger partial charge >= 0.3 is 6.09 Å². The molecule has 0 spiro atoms. The fraction of sp³-hybridized carbons (Fsp3) is 0.200. The monoisotopic (exact) mass is 395 g/mol. The molecule has 0 radical (unpaired) electrons. The number of hydrogen-bond donors (Lipinski definition) is 3. The van der Waals surface area contributed by atoms with E-state index in [1.807, 2.05) is 0 Å². The second-order valence-corrected chi connectivity index (χ2v) is 6.79. The summed E-state index contributed by atoms with van der Waals surface area (Å²) in [4.78, 5) is 33.7. The van der Waals surface area contributed by atoms with E-state index in [0.29, 0.717) is 41.2 Å². The van der Waals surface area contributed by atoms with Crippen LogP contribution in [0.5, 0.6) is 0 Å². The zero-order chi connectivity index (χ0) is 20.4. The van der Waals surface area contributed by atoms with Crippen LogP contribution < -0.4 is 10.6 Å². The van der Waals surface area contributed by atoms with E-state index in [9.17, 15) is 14.0 Å². The van der Waals surface area contributed by atoms with Crippen molar-refractivity contribution in [1.82, 2.24) is 14.9 Å². The Bertz CT molecular complexity index is 1070. The van der Waals surface area contributed by atoms with Gasteiger partial charge in [-0.25, -0.2) is 19.2 Å². The van der Waals surface area contributed by atoms with E-state index in [1.54, 1.807) is 41.4 Å². The smallest absolute Gasteiger partial charge is 0.409 e. The van der Waals surface area contributed by atoms with Gasteiger partial charge in [0.15, 0.2) is 0 Å². The minimum atomic E-state index is -1.15. The normalized spacial score (nSPS) is 16.0. The first kappa shape index (κ1) is 18.6. The molecule has 0 aliphatic carbocycles. The van der Waals surface area contributed by atoms with Crippen molar-refractivity contribution in [3.05, 3.63) is 60.0 Å². The third-order valence-electron chi connectivity index (χ3n) is 4.73. The lowest BCUT2D eigenvalue weighted by atomic mass is 10.2. The van der Waals surface area contributed by atoms with Crippen LogP contribution in [0, 0.1) is 5.82 Å². The molecule has 2 amide bonds. The molecule has 1 aliphatic heterocycles. The standard InChI is InChI=1S/C20H18FN5O3/c21-14-3-6-17-13(9-14)10-22-19(25-17)23-16-7-8-26(11-16)18(27)12-1-4-15(5-2-12)24-20(28)29/h1-6,9-10,16,24H,7-8,11H2,(H,28,29)(H,22,23,25). The number of anilines is 2. The lowest BCUT2D eigenvalue weighted by Gasteiger charge is -2.17. The summed E-state index contributed by atoms with van der Waals surface area (Å²) >= 11 is 0. The molecule has 4 rings (SSSR count). The highest BCUT2D eigenvalue weighted by Crippen LogP contribution is 2.19. The van der Waals surface area contributed by atoms with E-state index in [4.69, 9.17) is 5.11 Å². The van der Waals surface area contributed by atoms with Crippen molar-refractivity contribution in [2.75, 3.05) is 23.7 Å². The molecule has 3 aromatic rings. The lowest BCUT2D eigenvalue weighted by Crippen LogP contribution is -2.31. The molecule has 148 valence electrons. The molecule has 1 aromatic heterocycles. The molecule has 2 heterocycles. The summed E-state index contributed by atoms with van der Waals surface area (Å²) in [5.74, 6) is -0.0166. The number of hydrogen-bond acceptors (Lipinski definition) is 5. The van der Waals surface area contributed by atoms with Crippen LogP contribution in [0.25, 0.3) is 10.9 Å². The van der Waals surface area contributed by atoms with Crippen LogP contribution in [0.2, 0.25) is 0 Å². The zero-order valence-electron chi connectivity index (χ0n) is 15.3. The number of nitrogens with zero attached hydrogens (tertiary/aromatic N) is 3. The number of carbonyl (C=O) groups is 2. The average Bonchev–Trinajstić information content (AvgIpc) is 3.16. The number of carboxylic acid groups (broad SMARTS) is 1. The molecule has 1 atom stereocenters. The first-order valence-corrected chi connectivity index (χ1v) is 9.06. The average molecular weight is 395 g/mol. The van der Waals surface area contributed by atoms with Gasteiger partial charge in [0.25, 0.3) is 5.91 Å². The Labute approximate surface area is 165 Å². The van der Waals surface area contributed by atoms with Gasteiger partial charge in [0, 0.05) is 42.0 Å². The Morgan fingerprint density at radius 3 is 2.72 bits per heavy atom. The van der Waals surface area contributed by atoms with Crippen LogP contribution in [0.4, 0.5) is 20.8 Å². The summed E-state index contributed by atoms with van der Waals surface area (Å²) in [7, 11) is 0. The number of benzene rings is 2. The Hall–Kier alpha value is -3.75. The Kier molecular flexibility index (Phi) is 4.94. The summed E-state index contributed by atoms with van der Waals surface area (Å²) in [6, 6.07) is 10.6. The van der Waals surface area contributed by atoms with Gasteiger partial charge in [0.1, 0.15) is 5.82 Å². The summed E-state index contributed by atoms with van der Waals surface area (Å²) < 4.78 is 13.3. The molecular weight excluding hydrogens is 377 g/mol. The highest BCUT2D eigenvalue weighted by Gasteiger charge is 2.27. The molecule has 1 saturated heterocycles. The largest absolute Gasteiger partial charge is 0.465 e. The molecule has 29 heavy (non-hydrogen) atoms. The number of rotatable bonds is 4. The lowest BCUT2D eigenvalue weighted by molar-refractivity contribution is 0.0791. The van der Waals surface area contributed by atoms with Gasteiger partial charge in [-0.1, -0.05) is 0 Å². The predicted molar refractivity (Wildman–Crippen MR) is 106 cm³/mol. The van der Waals surface area contributed by atoms with Gasteiger partial charge in [-0.2, -0.15) is 0 Å². The van der Waals surface area contributed by atoms with E-state index in [-0.39, 0.29) is 17.8 Å². The Morgan fingerprint density at radius 2 is 1.97 bits per heavy atom. The van der Waals surface area contributed by atoms with E-state index in [1.165, 1.54) is 12.1 Å². The van der Waals surface area contributed by atoms with Crippen molar-refractivity contribution in [2.45, 2.75) is 12.5 Å². The number of carbonyl (C=O) groups excluding carboxylic acids is 1. The molecule has 1 unspecified atom stereocenters. The third-order valence-corrected chi connectivity index (χ3v) is 4.73. The van der Waals surface area contributed by atoms with E-state index >= 15 is 0 Å². The van der Waals surface area contributed by atoms with Crippen LogP contribution in [0.15, 0.2) is 48.7 Å². The Morgan fingerprint density at radius 1 is 1.17 bits per heavy atom. The second-order valence-electron chi connectivity index (χ2n) is 6.79. The molecule has 9 heteroatoms. The van der Waals surface area contributed by atoms with Crippen LogP contribution in [0.1, 0.15) is 16.8 Å². The summed E-state index contributed by atoms with van der Waals surface area (Å²) in [6.45, 7) is 1.09. The van der Waals surface area contributed by atoms with Gasteiger partial charge in [0.05, 0.1) is 5.52 Å². The maximum Gasteiger partial charge on any atom is 0.409 e. The van der Waals surface area contributed by atoms with Gasteiger partial charge in [0.2, 0.25) is 5.95 Å². The number of likely N-dealkylation sites (tertiary alicyclic amines) is 1. The summed E-state index contributed by atoms with van der Waals surface area (Å²) in [6.07, 6.45) is 1.16. The van der Waals surface area contributed by atoms with Crippen LogP contribution >= 0.6 is 0 Å². The fourth-order valence-electron chi connectivity index (χ4n) is 3.32. The zero-order valence-corrected chi connectivity index (χ0v) is 15.3. The molecule has 0 bridgehead atoms. The van der Waals surface area contributed by atoms with Crippen molar-refractivity contribution >= 4 is 34.5 Å². The van der Waals surface area contributed by atoms with Crippen molar-refractivity contribution in [3.8, 4) is 0 Å². The molecule has 1 fully saturated rings. The minimum Gasteiger partial charge on any atom is -0.465 e. The van der Waals surface area contributed by atoms with E-state index < -0.39 is 6.09 Å². The molecule has 2 aromatic carbocycles. The highest BCUT2D eigenvalue weighted by molar-refractivity contribution is 5.95. The molecule has 0 saturated carbocycles. The SMILES string of the molecule is O=C(O)Nc1ccc(C(=O)N2CCC(Nc3ncc4cc(F)ccc4n3)C2)cc1. The molecule has 8 nitrogen and oxygen atoms in total. The van der Waals surface area contributed by atoms with Crippen LogP contribution in [-0.4, -0.2) is 51.1 Å². The van der Waals surface area contributed by atoms with E-state index in [0.717, 1.165) is 6.42 Å². The van der Waals surface area contributed by atoms with Crippen molar-refractivity contribution < 1.29 is 19.1 Å². The number of nitrogens with one attached hydrogen (secondary N) is 2. The highest BCUT2D eigenvalue weighted by atomic mass is 19.1. The van der Waals surface area contributed by atoms with Gasteiger partial charge in [-0.3, -0.25) is 10.1 Å². The first-order chi connectivity index (χ1) is 14.0.